The molecule has 0 radical (unpaired) electrons. The minimum absolute atomic E-state index is 0.0413. The van der Waals surface area contributed by atoms with E-state index in [1.807, 2.05) is 72.6 Å². The lowest BCUT2D eigenvalue weighted by Crippen LogP contribution is -2.34. The van der Waals surface area contributed by atoms with Crippen molar-refractivity contribution in [1.82, 2.24) is 10.2 Å². The van der Waals surface area contributed by atoms with Crippen molar-refractivity contribution in [2.24, 2.45) is 0 Å². The van der Waals surface area contributed by atoms with E-state index < -0.39 is 35.7 Å². The number of nitrogens with zero attached hydrogens (tertiary/aromatic N) is 1. The number of carbonyl (C=O) groups excluding carboxylic acids is 2. The number of hydrogen-bond donors (Lipinski definition) is 1. The molecule has 0 amide bonds. The van der Waals surface area contributed by atoms with E-state index in [1.165, 1.54) is 12.1 Å². The predicted molar refractivity (Wildman–Crippen MR) is 157 cm³/mol. The van der Waals surface area contributed by atoms with Gasteiger partial charge in [0.2, 0.25) is 0 Å². The van der Waals surface area contributed by atoms with Gasteiger partial charge in [-0.2, -0.15) is 13.2 Å². The van der Waals surface area contributed by atoms with Crippen LogP contribution < -0.4 is 5.32 Å². The van der Waals surface area contributed by atoms with Crippen LogP contribution in [0.1, 0.15) is 55.0 Å². The molecule has 3 aromatic rings. The lowest BCUT2D eigenvalue weighted by atomic mass is 9.80. The summed E-state index contributed by atoms with van der Waals surface area (Å²) in [5, 5.41) is 3.06. The Kier molecular flexibility index (Phi) is 10.1. The van der Waals surface area contributed by atoms with Gasteiger partial charge in [-0.25, -0.2) is 9.59 Å². The average molecular weight is 593 g/mol. The summed E-state index contributed by atoms with van der Waals surface area (Å²) in [5.74, 6) is -2.62. The SMILES string of the molecule is CCOC(=O)C1=C(C)NC(C)=C(C(=O)OC(CN(C)Cc2ccccc2)c2ccccc2)C1c1cccc(C(F)(F)F)c1. The number of allylic oxidation sites excluding steroid dienone is 2. The largest absolute Gasteiger partial charge is 0.463 e. The number of nitrogens with one attached hydrogen (secondary N) is 1. The van der Waals surface area contributed by atoms with Gasteiger partial charge in [-0.3, -0.25) is 4.90 Å². The zero-order chi connectivity index (χ0) is 31.1. The van der Waals surface area contributed by atoms with Crippen LogP contribution in [0.4, 0.5) is 13.2 Å². The molecule has 226 valence electrons. The molecule has 0 aromatic heterocycles. The fourth-order valence-corrected chi connectivity index (χ4v) is 5.29. The van der Waals surface area contributed by atoms with E-state index in [-0.39, 0.29) is 23.3 Å². The first-order chi connectivity index (χ1) is 20.5. The molecule has 0 fully saturated rings. The van der Waals surface area contributed by atoms with Crippen LogP contribution in [0.25, 0.3) is 0 Å². The second kappa shape index (κ2) is 13.7. The zero-order valence-corrected chi connectivity index (χ0v) is 24.6. The molecule has 3 aromatic carbocycles. The third kappa shape index (κ3) is 7.73. The van der Waals surface area contributed by atoms with Crippen LogP contribution in [0.5, 0.6) is 0 Å². The standard InChI is InChI=1S/C34H35F3N2O4/c1-5-42-32(40)29-22(2)38-23(3)30(31(29)26-17-12-18-27(19-26)34(35,36)37)33(41)43-28(25-15-10-7-11-16-25)21-39(4)20-24-13-8-6-9-14-24/h6-19,28,31,38H,5,20-21H2,1-4H3. The Morgan fingerprint density at radius 3 is 2.09 bits per heavy atom. The minimum atomic E-state index is -4.62. The van der Waals surface area contributed by atoms with E-state index >= 15 is 0 Å². The summed E-state index contributed by atoms with van der Waals surface area (Å²) in [5.41, 5.74) is 1.94. The Labute approximate surface area is 249 Å². The van der Waals surface area contributed by atoms with E-state index in [0.29, 0.717) is 24.5 Å². The third-order valence-electron chi connectivity index (χ3n) is 7.22. The summed E-state index contributed by atoms with van der Waals surface area (Å²) in [6.07, 6.45) is -5.32. The van der Waals surface area contributed by atoms with Crippen LogP contribution in [0.3, 0.4) is 0 Å². The van der Waals surface area contributed by atoms with Crippen molar-refractivity contribution < 1.29 is 32.2 Å². The minimum Gasteiger partial charge on any atom is -0.463 e. The van der Waals surface area contributed by atoms with E-state index in [2.05, 4.69) is 5.32 Å². The number of alkyl halides is 3. The molecule has 6 nitrogen and oxygen atoms in total. The maximum absolute atomic E-state index is 14.1. The van der Waals surface area contributed by atoms with Gasteiger partial charge in [0.25, 0.3) is 0 Å². The number of ether oxygens (including phenoxy) is 2. The Morgan fingerprint density at radius 1 is 0.884 bits per heavy atom. The Balaban J connectivity index is 1.73. The molecule has 0 saturated heterocycles. The Bertz CT molecular complexity index is 1500. The zero-order valence-electron chi connectivity index (χ0n) is 24.6. The predicted octanol–water partition coefficient (Wildman–Crippen LogP) is 6.92. The maximum atomic E-state index is 14.1. The quantitative estimate of drug-likeness (QED) is 0.258. The van der Waals surface area contributed by atoms with Gasteiger partial charge < -0.3 is 14.8 Å². The van der Waals surface area contributed by atoms with E-state index in [1.54, 1.807) is 20.8 Å². The van der Waals surface area contributed by atoms with Crippen LogP contribution in [-0.2, 0) is 31.8 Å². The molecule has 4 rings (SSSR count). The van der Waals surface area contributed by atoms with E-state index in [9.17, 15) is 22.8 Å². The van der Waals surface area contributed by atoms with Crippen molar-refractivity contribution in [1.29, 1.82) is 0 Å². The van der Waals surface area contributed by atoms with Crippen LogP contribution >= 0.6 is 0 Å². The molecule has 0 saturated carbocycles. The number of likely N-dealkylation sites (N-methyl/N-ethyl adjacent to an activating group) is 1. The molecule has 0 bridgehead atoms. The van der Waals surface area contributed by atoms with E-state index in [0.717, 1.165) is 23.3 Å². The van der Waals surface area contributed by atoms with Gasteiger partial charge in [0.1, 0.15) is 6.10 Å². The topological polar surface area (TPSA) is 67.9 Å². The van der Waals surface area contributed by atoms with Gasteiger partial charge in [-0.1, -0.05) is 78.9 Å². The monoisotopic (exact) mass is 592 g/mol. The Hall–Kier alpha value is -4.37. The molecule has 1 aliphatic rings. The van der Waals surface area contributed by atoms with Crippen LogP contribution in [0.15, 0.2) is 107 Å². The van der Waals surface area contributed by atoms with Gasteiger partial charge in [0.15, 0.2) is 0 Å². The summed E-state index contributed by atoms with van der Waals surface area (Å²) in [6, 6.07) is 23.8. The molecule has 0 aliphatic carbocycles. The summed E-state index contributed by atoms with van der Waals surface area (Å²) in [6.45, 7) is 5.91. The van der Waals surface area contributed by atoms with Crippen molar-refractivity contribution in [2.45, 2.75) is 45.5 Å². The first-order valence-electron chi connectivity index (χ1n) is 14.0. The molecule has 2 unspecified atom stereocenters. The Morgan fingerprint density at radius 2 is 1.49 bits per heavy atom. The smallest absolute Gasteiger partial charge is 0.416 e. The number of hydrogen-bond acceptors (Lipinski definition) is 6. The normalized spacial score (nSPS) is 16.1. The van der Waals surface area contributed by atoms with Gasteiger partial charge in [0.05, 0.1) is 29.2 Å². The summed E-state index contributed by atoms with van der Waals surface area (Å²) >= 11 is 0. The van der Waals surface area contributed by atoms with Gasteiger partial charge >= 0.3 is 18.1 Å². The first-order valence-corrected chi connectivity index (χ1v) is 14.0. The highest BCUT2D eigenvalue weighted by molar-refractivity contribution is 6.00. The highest BCUT2D eigenvalue weighted by Gasteiger charge is 2.40. The molecule has 9 heteroatoms. The van der Waals surface area contributed by atoms with Crippen molar-refractivity contribution in [3.8, 4) is 0 Å². The number of rotatable bonds is 10. The fraction of sp³-hybridized carbons (Fsp3) is 0.294. The second-order valence-electron chi connectivity index (χ2n) is 10.5. The molecule has 0 spiro atoms. The van der Waals surface area contributed by atoms with Gasteiger partial charge in [-0.15, -0.1) is 0 Å². The number of halogens is 3. The number of benzene rings is 3. The number of esters is 2. The van der Waals surface area contributed by atoms with Crippen molar-refractivity contribution in [3.63, 3.8) is 0 Å². The van der Waals surface area contributed by atoms with Gasteiger partial charge in [-0.05, 0) is 50.6 Å². The van der Waals surface area contributed by atoms with Gasteiger partial charge in [0, 0.05) is 24.5 Å². The van der Waals surface area contributed by atoms with Crippen LogP contribution in [0, 0.1) is 0 Å². The summed E-state index contributed by atoms with van der Waals surface area (Å²) < 4.78 is 52.6. The molecule has 1 heterocycles. The molecule has 2 atom stereocenters. The maximum Gasteiger partial charge on any atom is 0.416 e. The first kappa shape index (κ1) is 31.6. The average Bonchev–Trinajstić information content (AvgIpc) is 2.97. The lowest BCUT2D eigenvalue weighted by molar-refractivity contribution is -0.146. The fourth-order valence-electron chi connectivity index (χ4n) is 5.29. The number of carbonyl (C=O) groups is 2. The molecule has 1 N–H and O–H groups in total. The van der Waals surface area contributed by atoms with Crippen molar-refractivity contribution in [2.75, 3.05) is 20.2 Å². The summed E-state index contributed by atoms with van der Waals surface area (Å²) in [4.78, 5) is 29.3. The number of dihydropyridines is 1. The highest BCUT2D eigenvalue weighted by atomic mass is 19.4. The second-order valence-corrected chi connectivity index (χ2v) is 10.5. The summed E-state index contributed by atoms with van der Waals surface area (Å²) in [7, 11) is 1.92. The molecular formula is C34H35F3N2O4. The highest BCUT2D eigenvalue weighted by Crippen LogP contribution is 2.41. The molecule has 1 aliphatic heterocycles. The van der Waals surface area contributed by atoms with E-state index in [4.69, 9.17) is 9.47 Å². The molecular weight excluding hydrogens is 557 g/mol. The van der Waals surface area contributed by atoms with Crippen molar-refractivity contribution in [3.05, 3.63) is 130 Å². The van der Waals surface area contributed by atoms with Crippen LogP contribution in [-0.4, -0.2) is 37.0 Å². The van der Waals surface area contributed by atoms with Crippen LogP contribution in [0.2, 0.25) is 0 Å². The third-order valence-corrected chi connectivity index (χ3v) is 7.22. The van der Waals surface area contributed by atoms with Crippen molar-refractivity contribution >= 4 is 11.9 Å². The molecule has 43 heavy (non-hydrogen) atoms. The lowest BCUT2D eigenvalue weighted by Gasteiger charge is -2.32.